The molecule has 0 radical (unpaired) electrons. The van der Waals surface area contributed by atoms with E-state index >= 15 is 0 Å². The van der Waals surface area contributed by atoms with Gasteiger partial charge in [-0.2, -0.15) is 0 Å². The lowest BCUT2D eigenvalue weighted by molar-refractivity contribution is -0.114. The number of hydrogen-bond donors (Lipinski definition) is 2. The number of nitrogens with one attached hydrogen (secondary N) is 2. The third kappa shape index (κ3) is 7.10. The minimum atomic E-state index is -0.386. The molecule has 1 aromatic heterocycles. The molecule has 0 aliphatic carbocycles. The van der Waals surface area contributed by atoms with Crippen molar-refractivity contribution in [2.24, 2.45) is 0 Å². The van der Waals surface area contributed by atoms with Crippen LogP contribution < -0.4 is 20.1 Å². The summed E-state index contributed by atoms with van der Waals surface area (Å²) in [4.78, 5) is 23.8. The van der Waals surface area contributed by atoms with Gasteiger partial charge in [0.05, 0.1) is 12.9 Å². The molecule has 184 valence electrons. The van der Waals surface area contributed by atoms with E-state index in [-0.39, 0.29) is 23.7 Å². The molecule has 1 atom stereocenters. The fourth-order valence-electron chi connectivity index (χ4n) is 3.34. The predicted octanol–water partition coefficient (Wildman–Crippen LogP) is 4.61. The van der Waals surface area contributed by atoms with Crippen LogP contribution in [0.2, 0.25) is 0 Å². The maximum absolute atomic E-state index is 12.6. The van der Waals surface area contributed by atoms with Gasteiger partial charge in [0.1, 0.15) is 11.5 Å². The molecule has 0 spiro atoms. The second kappa shape index (κ2) is 12.1. The molecule has 0 fully saturated rings. The molecule has 9 nitrogen and oxygen atoms in total. The van der Waals surface area contributed by atoms with E-state index < -0.39 is 0 Å². The molecule has 10 heteroatoms. The highest BCUT2D eigenvalue weighted by Gasteiger charge is 2.20. The monoisotopic (exact) mass is 495 g/mol. The number of benzene rings is 2. The minimum Gasteiger partial charge on any atom is -0.497 e. The third-order valence-corrected chi connectivity index (χ3v) is 5.89. The van der Waals surface area contributed by atoms with Gasteiger partial charge in [-0.15, -0.1) is 16.8 Å². The van der Waals surface area contributed by atoms with Gasteiger partial charge in [-0.05, 0) is 49.7 Å². The van der Waals surface area contributed by atoms with Gasteiger partial charge in [0.2, 0.25) is 11.8 Å². The highest BCUT2D eigenvalue weighted by molar-refractivity contribution is 7.99. The summed E-state index contributed by atoms with van der Waals surface area (Å²) >= 11 is 1.28. The lowest BCUT2D eigenvalue weighted by Gasteiger charge is -2.16. The number of carbonyl (C=O) groups excluding carboxylic acids is 2. The van der Waals surface area contributed by atoms with Crippen molar-refractivity contribution in [3.8, 4) is 11.5 Å². The van der Waals surface area contributed by atoms with Crippen LogP contribution in [0.3, 0.4) is 0 Å². The number of rotatable bonds is 11. The van der Waals surface area contributed by atoms with Crippen molar-refractivity contribution in [2.45, 2.75) is 38.6 Å². The second-order valence-electron chi connectivity index (χ2n) is 7.73. The first kappa shape index (κ1) is 25.8. The molecule has 0 saturated carbocycles. The molecule has 3 rings (SSSR count). The van der Waals surface area contributed by atoms with Gasteiger partial charge in [0.15, 0.2) is 17.1 Å². The van der Waals surface area contributed by atoms with Crippen molar-refractivity contribution in [3.63, 3.8) is 0 Å². The van der Waals surface area contributed by atoms with Gasteiger partial charge in [0, 0.05) is 30.9 Å². The molecule has 2 aromatic carbocycles. The van der Waals surface area contributed by atoms with E-state index in [0.717, 1.165) is 5.56 Å². The number of anilines is 2. The van der Waals surface area contributed by atoms with Crippen molar-refractivity contribution in [3.05, 3.63) is 66.5 Å². The molecule has 1 unspecified atom stereocenters. The predicted molar refractivity (Wildman–Crippen MR) is 137 cm³/mol. The minimum absolute atomic E-state index is 0.146. The number of amides is 2. The van der Waals surface area contributed by atoms with Crippen LogP contribution >= 0.6 is 11.8 Å². The van der Waals surface area contributed by atoms with Crippen molar-refractivity contribution in [1.82, 2.24) is 14.8 Å². The van der Waals surface area contributed by atoms with E-state index in [2.05, 4.69) is 27.4 Å². The maximum atomic E-state index is 12.6. The molecule has 1 heterocycles. The second-order valence-corrected chi connectivity index (χ2v) is 8.67. The molecule has 0 saturated heterocycles. The lowest BCUT2D eigenvalue weighted by Crippen LogP contribution is -2.16. The first-order valence-corrected chi connectivity index (χ1v) is 11.9. The first-order valence-electron chi connectivity index (χ1n) is 11.0. The molecule has 2 amide bonds. The lowest BCUT2D eigenvalue weighted by atomic mass is 10.1. The standard InChI is InChI=1S/C25H29N5O4S/c1-6-12-30-24(17(3)34-21-9-7-8-20(14-21)33-5)28-29-25(30)35-15-23(32)27-19-10-11-22(16(2)13-19)26-18(4)31/h6-11,13-14,17H,1,12,15H2,2-5H3,(H,26,31)(H,27,32). The number of aryl methyl sites for hydroxylation is 1. The van der Waals surface area contributed by atoms with E-state index in [1.54, 1.807) is 31.4 Å². The van der Waals surface area contributed by atoms with Gasteiger partial charge in [-0.3, -0.25) is 14.2 Å². The molecule has 35 heavy (non-hydrogen) atoms. The van der Waals surface area contributed by atoms with Gasteiger partial charge in [-0.25, -0.2) is 0 Å². The van der Waals surface area contributed by atoms with Gasteiger partial charge in [-0.1, -0.05) is 23.9 Å². The fraction of sp³-hybridized carbons (Fsp3) is 0.280. The Balaban J connectivity index is 1.65. The van der Waals surface area contributed by atoms with Crippen molar-refractivity contribution >= 4 is 35.0 Å². The first-order chi connectivity index (χ1) is 16.8. The maximum Gasteiger partial charge on any atom is 0.234 e. The van der Waals surface area contributed by atoms with E-state index in [4.69, 9.17) is 9.47 Å². The molecule has 0 bridgehead atoms. The van der Waals surface area contributed by atoms with Crippen LogP contribution in [0.15, 0.2) is 60.3 Å². The van der Waals surface area contributed by atoms with Gasteiger partial charge in [0.25, 0.3) is 0 Å². The topological polar surface area (TPSA) is 107 Å². The van der Waals surface area contributed by atoms with Gasteiger partial charge < -0.3 is 20.1 Å². The number of methoxy groups -OCH3 is 1. The van der Waals surface area contributed by atoms with Crippen LogP contribution in [0.25, 0.3) is 0 Å². The highest BCUT2D eigenvalue weighted by Crippen LogP contribution is 2.27. The van der Waals surface area contributed by atoms with E-state index in [0.29, 0.717) is 40.4 Å². The van der Waals surface area contributed by atoms with Crippen molar-refractivity contribution in [1.29, 1.82) is 0 Å². The highest BCUT2D eigenvalue weighted by atomic mass is 32.2. The van der Waals surface area contributed by atoms with E-state index in [1.807, 2.05) is 42.7 Å². The quantitative estimate of drug-likeness (QED) is 0.295. The van der Waals surface area contributed by atoms with Crippen LogP contribution in [-0.4, -0.2) is 39.4 Å². The summed E-state index contributed by atoms with van der Waals surface area (Å²) in [5.41, 5.74) is 2.21. The Morgan fingerprint density at radius 1 is 1.17 bits per heavy atom. The summed E-state index contributed by atoms with van der Waals surface area (Å²) in [7, 11) is 1.60. The van der Waals surface area contributed by atoms with Crippen molar-refractivity contribution in [2.75, 3.05) is 23.5 Å². The Morgan fingerprint density at radius 2 is 1.94 bits per heavy atom. The van der Waals surface area contributed by atoms with Crippen LogP contribution in [0.5, 0.6) is 11.5 Å². The fourth-order valence-corrected chi connectivity index (χ4v) is 4.09. The van der Waals surface area contributed by atoms with Crippen LogP contribution in [0.4, 0.5) is 11.4 Å². The molecule has 0 aliphatic rings. The Hall–Kier alpha value is -3.79. The average molecular weight is 496 g/mol. The van der Waals surface area contributed by atoms with Crippen LogP contribution in [0, 0.1) is 6.92 Å². The summed E-state index contributed by atoms with van der Waals surface area (Å²) in [6.45, 7) is 9.50. The Labute approximate surface area is 208 Å². The molecule has 0 aliphatic heterocycles. The SMILES string of the molecule is C=CCn1c(SCC(=O)Nc2ccc(NC(C)=O)c(C)c2)nnc1C(C)Oc1cccc(OC)c1. The molecule has 3 aromatic rings. The number of hydrogen-bond acceptors (Lipinski definition) is 7. The molecule has 2 N–H and O–H groups in total. The average Bonchev–Trinajstić information content (AvgIpc) is 3.22. The zero-order valence-corrected chi connectivity index (χ0v) is 21.0. The largest absolute Gasteiger partial charge is 0.497 e. The number of carbonyl (C=O) groups is 2. The summed E-state index contributed by atoms with van der Waals surface area (Å²) in [6.07, 6.45) is 1.36. The summed E-state index contributed by atoms with van der Waals surface area (Å²) in [5, 5.41) is 14.8. The zero-order chi connectivity index (χ0) is 25.4. The Kier molecular flexibility index (Phi) is 8.91. The van der Waals surface area contributed by atoms with Crippen LogP contribution in [0.1, 0.15) is 31.3 Å². The van der Waals surface area contributed by atoms with Crippen LogP contribution in [-0.2, 0) is 16.1 Å². The molecular weight excluding hydrogens is 466 g/mol. The van der Waals surface area contributed by atoms with Crippen molar-refractivity contribution < 1.29 is 19.1 Å². The summed E-state index contributed by atoms with van der Waals surface area (Å²) < 4.78 is 13.2. The number of aromatic nitrogens is 3. The zero-order valence-electron chi connectivity index (χ0n) is 20.2. The number of thioether (sulfide) groups is 1. The Morgan fingerprint density at radius 3 is 2.63 bits per heavy atom. The third-order valence-electron chi connectivity index (χ3n) is 4.93. The number of nitrogens with zero attached hydrogens (tertiary/aromatic N) is 3. The molecular formula is C25H29N5O4S. The smallest absolute Gasteiger partial charge is 0.234 e. The van der Waals surface area contributed by atoms with E-state index in [1.165, 1.54) is 18.7 Å². The summed E-state index contributed by atoms with van der Waals surface area (Å²) in [5.74, 6) is 1.79. The Bertz CT molecular complexity index is 1210. The van der Waals surface area contributed by atoms with E-state index in [9.17, 15) is 9.59 Å². The number of ether oxygens (including phenoxy) is 2. The normalized spacial score (nSPS) is 11.4. The van der Waals surface area contributed by atoms with Gasteiger partial charge >= 0.3 is 0 Å². The summed E-state index contributed by atoms with van der Waals surface area (Å²) in [6, 6.07) is 12.7. The number of allylic oxidation sites excluding steroid dienone is 1.